The average molecular weight is 613 g/mol. The summed E-state index contributed by atoms with van der Waals surface area (Å²) < 4.78 is 37.9. The number of alkyl halides is 3. The summed E-state index contributed by atoms with van der Waals surface area (Å²) in [7, 11) is 1.67. The fraction of sp³-hybridized carbons (Fsp3) is 0.724. The molecule has 1 aliphatic carbocycles. The highest BCUT2D eigenvalue weighted by atomic mass is 19.4. The van der Waals surface area contributed by atoms with E-state index in [1.54, 1.807) is 12.0 Å². The van der Waals surface area contributed by atoms with Gasteiger partial charge in [-0.05, 0) is 40.5 Å². The Morgan fingerprint density at radius 2 is 1.74 bits per heavy atom. The molecule has 0 radical (unpaired) electrons. The van der Waals surface area contributed by atoms with Gasteiger partial charge in [-0.3, -0.25) is 9.59 Å². The Kier molecular flexibility index (Phi) is 12.7. The standard InChI is InChI=1S/C27H42N6O3.C2HF3O2/c1-7-9-17-27(31-32-27)18-14-22(34)33(20(4)23-19(3)29-21(5)30-23)24(25(35)28-8-2)26(36-6)15-12-10-11-13-16-26;3-2(4,5)1(6)7/h1,20,24H,8-18H2,2-6H3,(H,28,35)(H,29,30);(H,6,7). The number of carbonyl (C=O) groups excluding carboxylic acids is 2. The minimum Gasteiger partial charge on any atom is -0.475 e. The molecule has 2 aliphatic rings. The molecule has 3 rings (SSSR count). The van der Waals surface area contributed by atoms with Crippen LogP contribution in [-0.4, -0.2) is 74.9 Å². The molecule has 240 valence electrons. The number of nitrogens with zero attached hydrogens (tertiary/aromatic N) is 4. The van der Waals surface area contributed by atoms with E-state index >= 15 is 0 Å². The Bertz CT molecular complexity index is 1180. The van der Waals surface area contributed by atoms with Crippen LogP contribution in [0.15, 0.2) is 10.2 Å². The predicted molar refractivity (Wildman–Crippen MR) is 152 cm³/mol. The normalized spacial score (nSPS) is 18.2. The number of halogens is 3. The molecule has 1 fully saturated rings. The van der Waals surface area contributed by atoms with Crippen molar-refractivity contribution in [1.82, 2.24) is 20.2 Å². The maximum absolute atomic E-state index is 14.1. The number of aromatic nitrogens is 2. The fourth-order valence-electron chi connectivity index (χ4n) is 5.66. The largest absolute Gasteiger partial charge is 0.490 e. The molecule has 0 saturated heterocycles. The van der Waals surface area contributed by atoms with Crippen molar-refractivity contribution in [1.29, 1.82) is 0 Å². The van der Waals surface area contributed by atoms with Crippen molar-refractivity contribution in [3.8, 4) is 12.3 Å². The summed E-state index contributed by atoms with van der Waals surface area (Å²) in [5.41, 5.74) is 0.308. The van der Waals surface area contributed by atoms with Crippen LogP contribution in [-0.2, 0) is 19.1 Å². The molecule has 0 aromatic carbocycles. The van der Waals surface area contributed by atoms with Gasteiger partial charge < -0.3 is 25.0 Å². The Balaban J connectivity index is 0.000000821. The number of carboxylic acids is 1. The van der Waals surface area contributed by atoms with Crippen LogP contribution < -0.4 is 5.32 Å². The van der Waals surface area contributed by atoms with Crippen molar-refractivity contribution in [2.24, 2.45) is 10.2 Å². The predicted octanol–water partition coefficient (Wildman–Crippen LogP) is 5.15. The first-order chi connectivity index (χ1) is 20.2. The van der Waals surface area contributed by atoms with Gasteiger partial charge in [-0.25, -0.2) is 9.78 Å². The van der Waals surface area contributed by atoms with E-state index < -0.39 is 35.5 Å². The van der Waals surface area contributed by atoms with Crippen molar-refractivity contribution >= 4 is 17.8 Å². The summed E-state index contributed by atoms with van der Waals surface area (Å²) in [5.74, 6) is 0.338. The van der Waals surface area contributed by atoms with Gasteiger partial charge in [-0.1, -0.05) is 25.7 Å². The Morgan fingerprint density at radius 3 is 2.16 bits per heavy atom. The lowest BCUT2D eigenvalue weighted by molar-refractivity contribution is -0.192. The second-order valence-corrected chi connectivity index (χ2v) is 11.0. The monoisotopic (exact) mass is 612 g/mol. The van der Waals surface area contributed by atoms with E-state index in [0.717, 1.165) is 55.7 Å². The van der Waals surface area contributed by atoms with Crippen molar-refractivity contribution < 1.29 is 37.4 Å². The number of amides is 2. The van der Waals surface area contributed by atoms with Gasteiger partial charge in [0.25, 0.3) is 0 Å². The highest BCUT2D eigenvalue weighted by Gasteiger charge is 2.50. The summed E-state index contributed by atoms with van der Waals surface area (Å²) in [6.07, 6.45) is 7.75. The lowest BCUT2D eigenvalue weighted by Gasteiger charge is -2.46. The van der Waals surface area contributed by atoms with E-state index in [1.807, 2.05) is 27.7 Å². The summed E-state index contributed by atoms with van der Waals surface area (Å²) >= 11 is 0. The third-order valence-corrected chi connectivity index (χ3v) is 7.91. The van der Waals surface area contributed by atoms with E-state index in [2.05, 4.69) is 26.4 Å². The number of methoxy groups -OCH3 is 1. The van der Waals surface area contributed by atoms with Gasteiger partial charge in [0, 0.05) is 45.0 Å². The zero-order valence-electron chi connectivity index (χ0n) is 25.5. The minimum atomic E-state index is -5.08. The van der Waals surface area contributed by atoms with Crippen molar-refractivity contribution in [2.45, 2.75) is 121 Å². The fourth-order valence-corrected chi connectivity index (χ4v) is 5.66. The van der Waals surface area contributed by atoms with Crippen LogP contribution in [0, 0.1) is 26.2 Å². The first kappa shape index (κ1) is 35.7. The van der Waals surface area contributed by atoms with Crippen LogP contribution in [0.3, 0.4) is 0 Å². The topological polar surface area (TPSA) is 149 Å². The number of hydrogen-bond acceptors (Lipinski definition) is 7. The molecule has 1 aromatic rings. The molecule has 11 nitrogen and oxygen atoms in total. The SMILES string of the molecule is C#CCCC1(CCC(=O)N(C(C)c2nc(C)[nH]c2C)C(C(=O)NCC)C2(OC)CCCCCC2)N=N1.O=C(O)C(F)(F)F. The van der Waals surface area contributed by atoms with Crippen LogP contribution in [0.4, 0.5) is 13.2 Å². The first-order valence-corrected chi connectivity index (χ1v) is 14.5. The molecule has 2 unspecified atom stereocenters. The number of nitrogens with one attached hydrogen (secondary N) is 2. The van der Waals surface area contributed by atoms with Crippen LogP contribution in [0.1, 0.15) is 101 Å². The van der Waals surface area contributed by atoms with Crippen LogP contribution in [0.5, 0.6) is 0 Å². The molecule has 14 heteroatoms. The lowest BCUT2D eigenvalue weighted by atomic mass is 9.83. The number of aromatic amines is 1. The van der Waals surface area contributed by atoms with Crippen LogP contribution >= 0.6 is 0 Å². The maximum atomic E-state index is 14.1. The van der Waals surface area contributed by atoms with Crippen LogP contribution in [0.2, 0.25) is 0 Å². The number of rotatable bonds is 12. The molecule has 2 atom stereocenters. The number of imidazole rings is 1. The number of hydrogen-bond donors (Lipinski definition) is 3. The van der Waals surface area contributed by atoms with Gasteiger partial charge in [0.15, 0.2) is 5.66 Å². The van der Waals surface area contributed by atoms with Crippen molar-refractivity contribution in [3.05, 3.63) is 17.2 Å². The van der Waals surface area contributed by atoms with Crippen molar-refractivity contribution in [2.75, 3.05) is 13.7 Å². The molecule has 1 aliphatic heterocycles. The number of ether oxygens (including phenoxy) is 1. The summed E-state index contributed by atoms with van der Waals surface area (Å²) in [6.45, 7) is 8.16. The zero-order valence-corrected chi connectivity index (χ0v) is 25.5. The average Bonchev–Trinajstić information content (AvgIpc) is 3.69. The molecular weight excluding hydrogens is 569 g/mol. The molecule has 0 bridgehead atoms. The van der Waals surface area contributed by atoms with E-state index in [4.69, 9.17) is 26.0 Å². The van der Waals surface area contributed by atoms with Gasteiger partial charge in [-0.2, -0.15) is 23.4 Å². The quantitative estimate of drug-likeness (QED) is 0.220. The smallest absolute Gasteiger partial charge is 0.475 e. The molecule has 1 saturated carbocycles. The van der Waals surface area contributed by atoms with E-state index in [1.165, 1.54) is 0 Å². The Hall–Kier alpha value is -3.47. The summed E-state index contributed by atoms with van der Waals surface area (Å²) in [4.78, 5) is 46.4. The number of H-pyrrole nitrogens is 1. The van der Waals surface area contributed by atoms with Gasteiger partial charge >= 0.3 is 12.1 Å². The number of carboxylic acid groups (broad SMARTS) is 1. The Labute approximate surface area is 250 Å². The molecule has 43 heavy (non-hydrogen) atoms. The van der Waals surface area contributed by atoms with E-state index in [-0.39, 0.29) is 18.2 Å². The number of aliphatic carboxylic acids is 1. The third-order valence-electron chi connectivity index (χ3n) is 7.91. The van der Waals surface area contributed by atoms with E-state index in [0.29, 0.717) is 25.8 Å². The second kappa shape index (κ2) is 15.3. The molecule has 0 spiro atoms. The Morgan fingerprint density at radius 1 is 1.16 bits per heavy atom. The van der Waals surface area contributed by atoms with E-state index in [9.17, 15) is 22.8 Å². The highest BCUT2D eigenvalue weighted by Crippen LogP contribution is 2.41. The molecule has 3 N–H and O–H groups in total. The van der Waals surface area contributed by atoms with Gasteiger partial charge in [-0.15, -0.1) is 12.3 Å². The molecule has 1 aromatic heterocycles. The van der Waals surface area contributed by atoms with Gasteiger partial charge in [0.05, 0.1) is 17.3 Å². The zero-order chi connectivity index (χ0) is 32.4. The second-order valence-electron chi connectivity index (χ2n) is 11.0. The molecular formula is C29H43F3N6O5. The van der Waals surface area contributed by atoms with Gasteiger partial charge in [0.2, 0.25) is 11.8 Å². The number of terminal acetylenes is 1. The minimum absolute atomic E-state index is 0.128. The van der Waals surface area contributed by atoms with Gasteiger partial charge in [0.1, 0.15) is 11.9 Å². The lowest BCUT2D eigenvalue weighted by Crippen LogP contribution is -2.63. The first-order valence-electron chi connectivity index (χ1n) is 14.5. The number of carbonyl (C=O) groups is 3. The van der Waals surface area contributed by atoms with Crippen molar-refractivity contribution in [3.63, 3.8) is 0 Å². The number of aryl methyl sites for hydroxylation is 2. The van der Waals surface area contributed by atoms with Crippen LogP contribution in [0.25, 0.3) is 0 Å². The summed E-state index contributed by atoms with van der Waals surface area (Å²) in [6, 6.07) is -1.21. The highest BCUT2D eigenvalue weighted by molar-refractivity contribution is 5.89. The maximum Gasteiger partial charge on any atom is 0.490 e. The summed E-state index contributed by atoms with van der Waals surface area (Å²) in [5, 5.41) is 18.5. The number of likely N-dealkylation sites (N-methyl/N-ethyl adjacent to an activating group) is 1. The molecule has 2 heterocycles. The molecule has 2 amide bonds. The third kappa shape index (κ3) is 9.51.